The maximum Gasteiger partial charge on any atom is 0.407 e. The number of hydrogen-bond donors (Lipinski definition) is 11. The van der Waals surface area contributed by atoms with Gasteiger partial charge < -0.3 is 68.4 Å². The van der Waals surface area contributed by atoms with Crippen LogP contribution >= 0.6 is 34.8 Å². The average Bonchev–Trinajstić information content (AvgIpc) is 1.64. The Morgan fingerprint density at radius 3 is 1.34 bits per heavy atom. The lowest BCUT2D eigenvalue weighted by Gasteiger charge is -2.27. The molecule has 6 atom stereocenters. The minimum atomic E-state index is -0.782. The molecule has 536 valence electrons. The minimum absolute atomic E-state index is 0.0423. The SMILES string of the molecule is Nc1c2c(nn1C(=O)C1CCNc3c(Cl)cccc31)CC[C@H](NC(=O)OCc1ccccc1)C2.Nc1n[nH]c2c1C[C@@H](NC(=O)OCc1ccccc1)CC2.Nc1nn(C(=O)C2CCNc3c(Cl)cccc32)c2c1C[C@@H](NC(=O)OCc1ccccc1)CC2.O=C(O)C1CCNc2c(Cl)cccc21. The van der Waals surface area contributed by atoms with Gasteiger partial charge in [0, 0.05) is 60.1 Å². The van der Waals surface area contributed by atoms with Crippen molar-refractivity contribution < 1.29 is 48.1 Å². The number of aryl methyl sites for hydroxylation is 2. The number of nitrogen functional groups attached to an aromatic ring is 3. The van der Waals surface area contributed by atoms with Gasteiger partial charge in [0.05, 0.1) is 61.3 Å². The molecule has 3 aromatic heterocycles. The van der Waals surface area contributed by atoms with E-state index in [1.54, 1.807) is 18.2 Å². The standard InChI is InChI=1S/2C25H26ClN5O3.C15H18N4O2.C10H10ClNO2/c26-20-8-4-7-17-18(11-12-28-22(17)20)24(32)31-21-10-9-16(13-19(21)23(27)30-31)29-25(33)34-14-15-5-2-1-3-6-15;26-20-8-4-7-17-18(11-12-28-22(17)20)24(32)31-23(27)19-13-16(9-10-21(19)30-31)29-25(33)34-14-15-5-2-1-3-6-15;16-14-12-8-11(6-7-13(12)18-19-14)17-15(20)21-9-10-4-2-1-3-5-10;11-8-3-1-2-6-7(10(13)14)4-5-12-9(6)8/h1-8,16,18,28H,9-14H2,(H2,27,30)(H,29,33);1-8,16,18,28H,9-14,27H2,(H,29,33);1-5,11H,6-9H2,(H,17,20)(H3,16,18,19);1-3,7,12H,4-5H2,(H,13,14)/t2*16-,18?;11-;/m000./s1. The highest BCUT2D eigenvalue weighted by Gasteiger charge is 2.37. The van der Waals surface area contributed by atoms with Crippen LogP contribution in [0, 0.1) is 0 Å². The number of para-hydroxylation sites is 3. The third-order valence-corrected chi connectivity index (χ3v) is 20.1. The van der Waals surface area contributed by atoms with Crippen LogP contribution in [0.2, 0.25) is 15.1 Å². The van der Waals surface area contributed by atoms with Crippen molar-refractivity contribution in [2.75, 3.05) is 52.8 Å². The number of rotatable bonds is 12. The number of hydrogen-bond acceptors (Lipinski definition) is 18. The Hall–Kier alpha value is -10.8. The van der Waals surface area contributed by atoms with E-state index in [-0.39, 0.29) is 61.6 Å². The Morgan fingerprint density at radius 1 is 0.466 bits per heavy atom. The van der Waals surface area contributed by atoms with E-state index in [9.17, 15) is 28.8 Å². The van der Waals surface area contributed by atoms with Gasteiger partial charge in [-0.05, 0) is 129 Å². The van der Waals surface area contributed by atoms with Gasteiger partial charge in [0.1, 0.15) is 37.3 Å². The first kappa shape index (κ1) is 72.0. The van der Waals surface area contributed by atoms with Crippen LogP contribution in [0.3, 0.4) is 0 Å². The van der Waals surface area contributed by atoms with Crippen molar-refractivity contribution in [3.63, 3.8) is 0 Å². The zero-order valence-electron chi connectivity index (χ0n) is 56.3. The summed E-state index contributed by atoms with van der Waals surface area (Å²) in [6.07, 6.45) is 6.53. The number of carboxylic acids is 1. The molecule has 9 aromatic rings. The van der Waals surface area contributed by atoms with Gasteiger partial charge >= 0.3 is 24.2 Å². The lowest BCUT2D eigenvalue weighted by Crippen LogP contribution is -2.39. The van der Waals surface area contributed by atoms with Gasteiger partial charge in [-0.25, -0.2) is 19.1 Å². The zero-order valence-corrected chi connectivity index (χ0v) is 58.5. The number of aromatic amines is 1. The summed E-state index contributed by atoms with van der Waals surface area (Å²) in [6, 6.07) is 44.9. The van der Waals surface area contributed by atoms with Crippen LogP contribution in [0.4, 0.5) is 48.9 Å². The molecule has 14 N–H and O–H groups in total. The molecule has 0 spiro atoms. The van der Waals surface area contributed by atoms with Crippen LogP contribution in [0.5, 0.6) is 0 Å². The molecule has 28 heteroatoms. The molecule has 3 aliphatic carbocycles. The summed E-state index contributed by atoms with van der Waals surface area (Å²) in [5, 5.41) is 45.1. The second-order valence-electron chi connectivity index (χ2n) is 25.9. The predicted octanol–water partition coefficient (Wildman–Crippen LogP) is 12.4. The van der Waals surface area contributed by atoms with Gasteiger partial charge in [0.2, 0.25) is 0 Å². The van der Waals surface area contributed by atoms with Crippen LogP contribution in [0.15, 0.2) is 146 Å². The number of carbonyl (C=O) groups is 6. The number of H-pyrrole nitrogens is 1. The summed E-state index contributed by atoms with van der Waals surface area (Å²) < 4.78 is 18.7. The van der Waals surface area contributed by atoms with Crippen LogP contribution in [-0.4, -0.2) is 109 Å². The number of alkyl carbamates (subject to hydrolysis) is 3. The quantitative estimate of drug-likeness (QED) is 0.0506. The first-order valence-corrected chi connectivity index (χ1v) is 35.4. The molecule has 3 aliphatic heterocycles. The molecule has 0 fully saturated rings. The predicted molar refractivity (Wildman–Crippen MR) is 394 cm³/mol. The number of aromatic nitrogens is 6. The molecule has 6 aromatic carbocycles. The molecule has 3 amide bonds. The maximum atomic E-state index is 13.5. The fourth-order valence-electron chi connectivity index (χ4n) is 13.9. The highest BCUT2D eigenvalue weighted by molar-refractivity contribution is 6.34. The number of amides is 3. The Labute approximate surface area is 609 Å². The summed E-state index contributed by atoms with van der Waals surface area (Å²) in [5.74, 6) is -1.01. The van der Waals surface area contributed by atoms with Gasteiger partial charge in [0.25, 0.3) is 11.8 Å². The Kier molecular flexibility index (Phi) is 23.3. The van der Waals surface area contributed by atoms with E-state index >= 15 is 0 Å². The smallest absolute Gasteiger partial charge is 0.407 e. The fraction of sp³-hybridized carbons (Fsp3) is 0.320. The second kappa shape index (κ2) is 33.4. The summed E-state index contributed by atoms with van der Waals surface area (Å²) in [4.78, 5) is 74.3. The van der Waals surface area contributed by atoms with Gasteiger partial charge in [0.15, 0.2) is 0 Å². The molecule has 3 unspecified atom stereocenters. The summed E-state index contributed by atoms with van der Waals surface area (Å²) >= 11 is 18.6. The van der Waals surface area contributed by atoms with Gasteiger partial charge in [-0.1, -0.05) is 162 Å². The number of halogens is 3. The van der Waals surface area contributed by atoms with Crippen LogP contribution < -0.4 is 49.1 Å². The molecule has 25 nitrogen and oxygen atoms in total. The molecule has 0 saturated carbocycles. The lowest BCUT2D eigenvalue weighted by atomic mass is 9.89. The number of anilines is 6. The molecule has 0 radical (unpaired) electrons. The van der Waals surface area contributed by atoms with E-state index in [1.165, 1.54) is 9.36 Å². The van der Waals surface area contributed by atoms with Gasteiger partial charge in [-0.3, -0.25) is 19.5 Å². The molecule has 103 heavy (non-hydrogen) atoms. The van der Waals surface area contributed by atoms with E-state index in [0.29, 0.717) is 116 Å². The summed E-state index contributed by atoms with van der Waals surface area (Å²) in [7, 11) is 0. The van der Waals surface area contributed by atoms with Crippen molar-refractivity contribution in [1.82, 2.24) is 45.7 Å². The molecular weight excluding hydrogens is 1380 g/mol. The minimum Gasteiger partial charge on any atom is -0.481 e. The second-order valence-corrected chi connectivity index (χ2v) is 27.1. The Morgan fingerprint density at radius 2 is 0.874 bits per heavy atom. The van der Waals surface area contributed by atoms with Crippen molar-refractivity contribution in [3.05, 3.63) is 228 Å². The molecule has 6 aliphatic rings. The third kappa shape index (κ3) is 17.4. The number of ether oxygens (including phenoxy) is 3. The Balaban J connectivity index is 0.000000136. The van der Waals surface area contributed by atoms with E-state index in [0.717, 1.165) is 97.1 Å². The van der Waals surface area contributed by atoms with Crippen molar-refractivity contribution in [2.45, 2.75) is 133 Å². The van der Waals surface area contributed by atoms with Crippen molar-refractivity contribution >= 4 is 105 Å². The van der Waals surface area contributed by atoms with Crippen molar-refractivity contribution in [2.24, 2.45) is 0 Å². The summed E-state index contributed by atoms with van der Waals surface area (Å²) in [6.45, 7) is 2.66. The molecule has 0 saturated heterocycles. The summed E-state index contributed by atoms with van der Waals surface area (Å²) in [5.41, 5.74) is 31.5. The first-order chi connectivity index (χ1) is 49.9. The highest BCUT2D eigenvalue weighted by Crippen LogP contribution is 2.41. The topological polar surface area (TPSA) is 365 Å². The number of benzene rings is 6. The number of nitrogens with two attached hydrogens (primary N) is 3. The number of aliphatic carboxylic acids is 1. The van der Waals surface area contributed by atoms with Gasteiger partial charge in [-0.15, -0.1) is 5.10 Å². The molecule has 0 bridgehead atoms. The van der Waals surface area contributed by atoms with E-state index in [1.807, 2.05) is 127 Å². The number of fused-ring (bicyclic) bond motifs is 6. The van der Waals surface area contributed by atoms with Crippen LogP contribution in [-0.2, 0) is 77.4 Å². The van der Waals surface area contributed by atoms with Crippen LogP contribution in [0.1, 0.15) is 133 Å². The maximum absolute atomic E-state index is 13.5. The van der Waals surface area contributed by atoms with Gasteiger partial charge in [-0.2, -0.15) is 14.9 Å². The molecule has 15 rings (SSSR count). The van der Waals surface area contributed by atoms with Crippen molar-refractivity contribution in [3.8, 4) is 0 Å². The van der Waals surface area contributed by atoms with Crippen molar-refractivity contribution in [1.29, 1.82) is 0 Å². The third-order valence-electron chi connectivity index (χ3n) is 19.1. The van der Waals surface area contributed by atoms with Crippen LogP contribution in [0.25, 0.3) is 0 Å². The number of carboxylic acid groups (broad SMARTS) is 1. The monoisotopic (exact) mass is 1460 g/mol. The van der Waals surface area contributed by atoms with E-state index < -0.39 is 30.2 Å². The normalized spacial score (nSPS) is 18.6. The fourth-order valence-corrected chi connectivity index (χ4v) is 14.6. The Bertz CT molecular complexity index is 4480. The zero-order chi connectivity index (χ0) is 72.1. The lowest BCUT2D eigenvalue weighted by molar-refractivity contribution is -0.139. The highest BCUT2D eigenvalue weighted by atomic mass is 35.5. The van der Waals surface area contributed by atoms with E-state index in [4.69, 9.17) is 71.3 Å². The average molecular weight is 1460 g/mol. The largest absolute Gasteiger partial charge is 0.481 e. The first-order valence-electron chi connectivity index (χ1n) is 34.3. The number of carbonyl (C=O) groups excluding carboxylic acids is 5. The number of nitrogens with zero attached hydrogens (tertiary/aromatic N) is 5. The van der Waals surface area contributed by atoms with E-state index in [2.05, 4.69) is 52.3 Å². The number of nitrogens with one attached hydrogen (secondary N) is 7. The molecule has 6 heterocycles. The molecular formula is C75H80Cl3N15O10.